The van der Waals surface area contributed by atoms with Crippen molar-refractivity contribution in [3.8, 4) is 5.75 Å². The van der Waals surface area contributed by atoms with Gasteiger partial charge in [0, 0.05) is 0 Å². The van der Waals surface area contributed by atoms with Crippen LogP contribution in [-0.4, -0.2) is 37.6 Å². The van der Waals surface area contributed by atoms with Gasteiger partial charge in [-0.25, -0.2) is 4.90 Å². The zero-order valence-electron chi connectivity index (χ0n) is 15.3. The van der Waals surface area contributed by atoms with Gasteiger partial charge in [0.05, 0.1) is 31.8 Å². The third-order valence-corrected chi connectivity index (χ3v) is 5.42. The van der Waals surface area contributed by atoms with E-state index in [0.717, 1.165) is 50.4 Å². The molecule has 0 aromatic heterocycles. The molecule has 0 spiro atoms. The molecule has 136 valence electrons. The lowest BCUT2D eigenvalue weighted by Gasteiger charge is -2.30. The van der Waals surface area contributed by atoms with Crippen LogP contribution in [0.15, 0.2) is 24.3 Å². The van der Waals surface area contributed by atoms with Crippen LogP contribution in [0.5, 0.6) is 5.75 Å². The Morgan fingerprint density at radius 1 is 1.16 bits per heavy atom. The summed E-state index contributed by atoms with van der Waals surface area (Å²) in [4.78, 5) is 27.9. The predicted octanol–water partition coefficient (Wildman–Crippen LogP) is 1.81. The summed E-state index contributed by atoms with van der Waals surface area (Å²) in [6, 6.07) is 7.10. The van der Waals surface area contributed by atoms with Gasteiger partial charge in [0.1, 0.15) is 5.75 Å². The molecule has 3 rings (SSSR count). The zero-order chi connectivity index (χ0) is 17.8. The number of rotatable bonds is 6. The summed E-state index contributed by atoms with van der Waals surface area (Å²) in [5.41, 5.74) is 0.658. The van der Waals surface area contributed by atoms with Crippen molar-refractivity contribution in [3.63, 3.8) is 0 Å². The number of hydrogen-bond donors (Lipinski definition) is 1. The van der Waals surface area contributed by atoms with Crippen LogP contribution in [0.1, 0.15) is 46.0 Å². The van der Waals surface area contributed by atoms with Crippen LogP contribution < -0.4 is 14.5 Å². The van der Waals surface area contributed by atoms with Gasteiger partial charge < -0.3 is 9.64 Å². The first kappa shape index (κ1) is 17.9. The fourth-order valence-electron chi connectivity index (χ4n) is 3.73. The van der Waals surface area contributed by atoms with E-state index < -0.39 is 0 Å². The van der Waals surface area contributed by atoms with Crippen LogP contribution in [0.25, 0.3) is 0 Å². The number of amides is 2. The lowest BCUT2D eigenvalue weighted by molar-refractivity contribution is -0.920. The van der Waals surface area contributed by atoms with Crippen molar-refractivity contribution >= 4 is 17.5 Å². The third kappa shape index (κ3) is 4.03. The highest BCUT2D eigenvalue weighted by Gasteiger charge is 2.46. The van der Waals surface area contributed by atoms with Gasteiger partial charge >= 0.3 is 0 Å². The van der Waals surface area contributed by atoms with Gasteiger partial charge in [0.2, 0.25) is 5.91 Å². The predicted molar refractivity (Wildman–Crippen MR) is 96.8 cm³/mol. The normalized spacial score (nSPS) is 27.0. The maximum absolute atomic E-state index is 12.8. The second-order valence-electron chi connectivity index (χ2n) is 7.36. The Bertz CT molecular complexity index is 606. The molecule has 1 atom stereocenters. The number of imide groups is 1. The molecule has 25 heavy (non-hydrogen) atoms. The van der Waals surface area contributed by atoms with Gasteiger partial charge in [-0.1, -0.05) is 20.3 Å². The molecule has 5 nitrogen and oxygen atoms in total. The molecule has 0 saturated carbocycles. The molecular weight excluding hydrogens is 316 g/mol. The van der Waals surface area contributed by atoms with Crippen LogP contribution in [0.2, 0.25) is 0 Å². The largest absolute Gasteiger partial charge is 0.494 e. The first-order valence-electron chi connectivity index (χ1n) is 9.54. The van der Waals surface area contributed by atoms with E-state index in [-0.39, 0.29) is 17.9 Å². The maximum atomic E-state index is 12.8. The first-order valence-corrected chi connectivity index (χ1v) is 9.54. The van der Waals surface area contributed by atoms with E-state index in [1.54, 1.807) is 0 Å². The molecular formula is C20H29N2O3+. The molecule has 0 unspecified atom stereocenters. The molecule has 0 aliphatic carbocycles. The molecule has 2 heterocycles. The van der Waals surface area contributed by atoms with E-state index in [4.69, 9.17) is 4.74 Å². The van der Waals surface area contributed by atoms with Crippen LogP contribution in [-0.2, 0) is 9.59 Å². The highest BCUT2D eigenvalue weighted by atomic mass is 16.5. The summed E-state index contributed by atoms with van der Waals surface area (Å²) in [6.07, 6.45) is 4.71. The Morgan fingerprint density at radius 3 is 2.48 bits per heavy atom. The number of ether oxygens (including phenoxy) is 1. The van der Waals surface area contributed by atoms with E-state index in [0.29, 0.717) is 18.7 Å². The molecule has 2 aliphatic heterocycles. The number of likely N-dealkylation sites (tertiary alicyclic amines) is 1. The minimum absolute atomic E-state index is 0.0470. The number of benzene rings is 1. The summed E-state index contributed by atoms with van der Waals surface area (Å²) >= 11 is 0. The Hall–Kier alpha value is -1.88. The van der Waals surface area contributed by atoms with Crippen molar-refractivity contribution in [1.82, 2.24) is 0 Å². The van der Waals surface area contributed by atoms with Gasteiger partial charge in [0.25, 0.3) is 5.91 Å². The van der Waals surface area contributed by atoms with Crippen LogP contribution >= 0.6 is 0 Å². The smallest absolute Gasteiger partial charge is 0.292 e. The van der Waals surface area contributed by atoms with Crippen molar-refractivity contribution in [2.24, 2.45) is 5.92 Å². The fourth-order valence-corrected chi connectivity index (χ4v) is 3.73. The number of hydrogen-bond acceptors (Lipinski definition) is 3. The van der Waals surface area contributed by atoms with Crippen molar-refractivity contribution in [1.29, 1.82) is 0 Å². The number of unbranched alkanes of at least 4 members (excludes halogenated alkanes) is 1. The molecule has 2 saturated heterocycles. The standard InChI is InChI=1S/C20H28N2O3/c1-3-4-13-25-17-7-5-16(6-8-17)22-19(23)14-18(20(22)24)21-11-9-15(2)10-12-21/h5-8,15,18H,3-4,9-14H2,1-2H3/p+1/t18-/m1/s1. The van der Waals surface area contributed by atoms with E-state index in [2.05, 4.69) is 13.8 Å². The SMILES string of the molecule is CCCCOc1ccc(N2C(=O)C[C@@H]([NH+]3CCC(C)CC3)C2=O)cc1. The second kappa shape index (κ2) is 8.00. The lowest BCUT2D eigenvalue weighted by atomic mass is 9.97. The lowest BCUT2D eigenvalue weighted by Crippen LogP contribution is -3.17. The molecule has 1 N–H and O–H groups in total. The number of anilines is 1. The molecule has 0 radical (unpaired) electrons. The van der Waals surface area contributed by atoms with Crippen molar-refractivity contribution < 1.29 is 19.2 Å². The van der Waals surface area contributed by atoms with Crippen molar-refractivity contribution in [2.75, 3.05) is 24.6 Å². The minimum atomic E-state index is -0.208. The van der Waals surface area contributed by atoms with Gasteiger partial charge in [0.15, 0.2) is 6.04 Å². The average Bonchev–Trinajstić information content (AvgIpc) is 2.91. The average molecular weight is 345 g/mol. The molecule has 1 aromatic rings. The van der Waals surface area contributed by atoms with E-state index in [1.807, 2.05) is 24.3 Å². The van der Waals surface area contributed by atoms with Crippen molar-refractivity contribution in [3.05, 3.63) is 24.3 Å². The molecule has 2 fully saturated rings. The van der Waals surface area contributed by atoms with Crippen LogP contribution in [0, 0.1) is 5.92 Å². The summed E-state index contributed by atoms with van der Waals surface area (Å²) in [7, 11) is 0. The quantitative estimate of drug-likeness (QED) is 0.632. The summed E-state index contributed by atoms with van der Waals surface area (Å²) in [5, 5.41) is 0. The molecule has 1 aromatic carbocycles. The fraction of sp³-hybridized carbons (Fsp3) is 0.600. The van der Waals surface area contributed by atoms with Crippen molar-refractivity contribution in [2.45, 2.75) is 52.0 Å². The Morgan fingerprint density at radius 2 is 1.84 bits per heavy atom. The summed E-state index contributed by atoms with van der Waals surface area (Å²) in [5.74, 6) is 1.38. The number of carbonyl (C=O) groups excluding carboxylic acids is 2. The molecule has 2 aliphatic rings. The highest BCUT2D eigenvalue weighted by molar-refractivity contribution is 6.21. The topological polar surface area (TPSA) is 51.0 Å². The number of nitrogens with one attached hydrogen (secondary N) is 1. The Labute approximate surface area is 149 Å². The maximum Gasteiger partial charge on any atom is 0.292 e. The van der Waals surface area contributed by atoms with E-state index in [1.165, 1.54) is 9.80 Å². The van der Waals surface area contributed by atoms with Gasteiger partial charge in [-0.15, -0.1) is 0 Å². The highest BCUT2D eigenvalue weighted by Crippen LogP contribution is 2.25. The first-order chi connectivity index (χ1) is 12.1. The van der Waals surface area contributed by atoms with E-state index >= 15 is 0 Å². The second-order valence-corrected chi connectivity index (χ2v) is 7.36. The van der Waals surface area contributed by atoms with Gasteiger partial charge in [-0.2, -0.15) is 0 Å². The van der Waals surface area contributed by atoms with Gasteiger partial charge in [-0.3, -0.25) is 9.59 Å². The molecule has 2 amide bonds. The monoisotopic (exact) mass is 345 g/mol. The zero-order valence-corrected chi connectivity index (χ0v) is 15.3. The minimum Gasteiger partial charge on any atom is -0.494 e. The number of piperidine rings is 1. The number of quaternary nitrogens is 1. The van der Waals surface area contributed by atoms with Crippen LogP contribution in [0.3, 0.4) is 0 Å². The number of carbonyl (C=O) groups is 2. The van der Waals surface area contributed by atoms with Crippen LogP contribution in [0.4, 0.5) is 5.69 Å². The number of nitrogens with zero attached hydrogens (tertiary/aromatic N) is 1. The van der Waals surface area contributed by atoms with E-state index in [9.17, 15) is 9.59 Å². The summed E-state index contributed by atoms with van der Waals surface area (Å²) < 4.78 is 5.65. The molecule has 0 bridgehead atoms. The summed E-state index contributed by atoms with van der Waals surface area (Å²) in [6.45, 7) is 7.05. The Kier molecular flexibility index (Phi) is 5.74. The molecule has 5 heteroatoms. The van der Waals surface area contributed by atoms with Gasteiger partial charge in [-0.05, 0) is 49.4 Å². The Balaban J connectivity index is 1.66. The third-order valence-electron chi connectivity index (χ3n) is 5.42.